The van der Waals surface area contributed by atoms with Crippen molar-refractivity contribution < 1.29 is 0 Å². The lowest BCUT2D eigenvalue weighted by molar-refractivity contribution is 0.133. The van der Waals surface area contributed by atoms with Crippen molar-refractivity contribution >= 4 is 0 Å². The molecule has 1 aromatic carbocycles. The normalized spacial score (nSPS) is 27.9. The Hall–Kier alpha value is -0.820. The number of fused-ring (bicyclic) bond motifs is 1. The topological polar surface area (TPSA) is 12.0 Å². The predicted octanol–water partition coefficient (Wildman–Crippen LogP) is 2.40. The highest BCUT2D eigenvalue weighted by molar-refractivity contribution is 5.35. The van der Waals surface area contributed by atoms with E-state index in [-0.39, 0.29) is 0 Å². The summed E-state index contributed by atoms with van der Waals surface area (Å²) in [4.78, 5) is 0. The second-order valence-corrected chi connectivity index (χ2v) is 5.34. The van der Waals surface area contributed by atoms with Crippen molar-refractivity contribution in [3.05, 3.63) is 35.4 Å². The van der Waals surface area contributed by atoms with Gasteiger partial charge in [-0.3, -0.25) is 0 Å². The molecule has 1 aliphatic heterocycles. The second-order valence-electron chi connectivity index (χ2n) is 5.34. The molecule has 0 amide bonds. The molecule has 0 aromatic heterocycles. The van der Waals surface area contributed by atoms with E-state index in [1.165, 1.54) is 32.4 Å². The molecule has 1 nitrogen and oxygen atoms in total. The number of benzene rings is 1. The Morgan fingerprint density at radius 3 is 2.47 bits per heavy atom. The summed E-state index contributed by atoms with van der Waals surface area (Å²) in [5.41, 5.74) is 3.78. The van der Waals surface area contributed by atoms with E-state index in [4.69, 9.17) is 0 Å². The van der Waals surface area contributed by atoms with Crippen LogP contribution in [0.1, 0.15) is 24.5 Å². The summed E-state index contributed by atoms with van der Waals surface area (Å²) in [5.74, 6) is 0.818. The van der Waals surface area contributed by atoms with Crippen LogP contribution in [0, 0.1) is 11.3 Å². The third-order valence-corrected chi connectivity index (χ3v) is 4.50. The van der Waals surface area contributed by atoms with E-state index in [0.29, 0.717) is 5.41 Å². The summed E-state index contributed by atoms with van der Waals surface area (Å²) in [6, 6.07) is 9.00. The minimum Gasteiger partial charge on any atom is -0.316 e. The molecule has 1 atom stereocenters. The van der Waals surface area contributed by atoms with Gasteiger partial charge in [0, 0.05) is 0 Å². The van der Waals surface area contributed by atoms with Crippen molar-refractivity contribution in [2.24, 2.45) is 11.3 Å². The molecule has 1 fully saturated rings. The van der Waals surface area contributed by atoms with Crippen LogP contribution in [-0.2, 0) is 12.8 Å². The molecule has 1 saturated heterocycles. The predicted molar refractivity (Wildman–Crippen MR) is 62.9 cm³/mol. The Balaban J connectivity index is 1.93. The maximum Gasteiger partial charge on any atom is -0.00176 e. The van der Waals surface area contributed by atoms with Gasteiger partial charge in [-0.05, 0) is 54.8 Å². The Labute approximate surface area is 91.9 Å². The van der Waals surface area contributed by atoms with Gasteiger partial charge in [0.15, 0.2) is 0 Å². The molecule has 0 saturated carbocycles. The molecule has 1 heteroatoms. The van der Waals surface area contributed by atoms with Crippen LogP contribution in [0.25, 0.3) is 0 Å². The summed E-state index contributed by atoms with van der Waals surface area (Å²) < 4.78 is 0. The highest BCUT2D eigenvalue weighted by atomic mass is 14.9. The third kappa shape index (κ3) is 1.41. The van der Waals surface area contributed by atoms with Gasteiger partial charge in [0.1, 0.15) is 0 Å². The fourth-order valence-electron chi connectivity index (χ4n) is 3.37. The third-order valence-electron chi connectivity index (χ3n) is 4.50. The van der Waals surface area contributed by atoms with Crippen molar-refractivity contribution in [2.45, 2.75) is 26.2 Å². The number of hydrogen-bond acceptors (Lipinski definition) is 1. The number of piperidine rings is 1. The van der Waals surface area contributed by atoms with Gasteiger partial charge >= 0.3 is 0 Å². The Bertz CT molecular complexity index is 344. The largest absolute Gasteiger partial charge is 0.316 e. The average molecular weight is 201 g/mol. The first-order valence-corrected chi connectivity index (χ1v) is 6.08. The molecule has 0 radical (unpaired) electrons. The lowest BCUT2D eigenvalue weighted by Crippen LogP contribution is -2.44. The zero-order chi connectivity index (χ0) is 10.3. The summed E-state index contributed by atoms with van der Waals surface area (Å²) in [6.45, 7) is 4.82. The van der Waals surface area contributed by atoms with Gasteiger partial charge in [-0.25, -0.2) is 0 Å². The summed E-state index contributed by atoms with van der Waals surface area (Å²) >= 11 is 0. The standard InChI is InChI=1S/C14H19N/c1-11-10-15-7-6-14(11)8-12-4-2-3-5-13(12)9-14/h2-5,11,15H,6-10H2,1H3. The molecule has 2 aliphatic rings. The van der Waals surface area contributed by atoms with Gasteiger partial charge in [-0.15, -0.1) is 0 Å². The summed E-state index contributed by atoms with van der Waals surface area (Å²) in [6.07, 6.45) is 3.97. The minimum atomic E-state index is 0.578. The van der Waals surface area contributed by atoms with Gasteiger partial charge < -0.3 is 5.32 Å². The van der Waals surface area contributed by atoms with E-state index in [2.05, 4.69) is 36.5 Å². The molecule has 1 N–H and O–H groups in total. The van der Waals surface area contributed by atoms with E-state index >= 15 is 0 Å². The maximum absolute atomic E-state index is 3.51. The SMILES string of the molecule is CC1CNCCC12Cc1ccccc1C2. The molecule has 1 heterocycles. The van der Waals surface area contributed by atoms with Gasteiger partial charge in [0.05, 0.1) is 0 Å². The first-order valence-electron chi connectivity index (χ1n) is 6.08. The molecule has 0 bridgehead atoms. The molecule has 15 heavy (non-hydrogen) atoms. The molecule has 1 aromatic rings. The monoisotopic (exact) mass is 201 g/mol. The van der Waals surface area contributed by atoms with E-state index in [1.54, 1.807) is 11.1 Å². The summed E-state index contributed by atoms with van der Waals surface area (Å²) in [5, 5.41) is 3.51. The van der Waals surface area contributed by atoms with Crippen molar-refractivity contribution in [1.82, 2.24) is 5.32 Å². The van der Waals surface area contributed by atoms with E-state index < -0.39 is 0 Å². The second kappa shape index (κ2) is 3.34. The molecule has 3 rings (SSSR count). The van der Waals surface area contributed by atoms with Gasteiger partial charge in [-0.2, -0.15) is 0 Å². The fourth-order valence-corrected chi connectivity index (χ4v) is 3.37. The maximum atomic E-state index is 3.51. The first kappa shape index (κ1) is 9.41. The van der Waals surface area contributed by atoms with Crippen molar-refractivity contribution in [3.63, 3.8) is 0 Å². The van der Waals surface area contributed by atoms with E-state index in [0.717, 1.165) is 5.92 Å². The zero-order valence-electron chi connectivity index (χ0n) is 9.42. The fraction of sp³-hybridized carbons (Fsp3) is 0.571. The highest BCUT2D eigenvalue weighted by Crippen LogP contribution is 2.46. The molecular formula is C14H19N. The van der Waals surface area contributed by atoms with Crippen LogP contribution in [0.4, 0.5) is 0 Å². The Kier molecular flexibility index (Phi) is 2.10. The zero-order valence-corrected chi connectivity index (χ0v) is 9.42. The van der Waals surface area contributed by atoms with Gasteiger partial charge in [0.2, 0.25) is 0 Å². The van der Waals surface area contributed by atoms with Crippen molar-refractivity contribution in [2.75, 3.05) is 13.1 Å². The van der Waals surface area contributed by atoms with Gasteiger partial charge in [-0.1, -0.05) is 31.2 Å². The quantitative estimate of drug-likeness (QED) is 0.679. The Morgan fingerprint density at radius 2 is 1.87 bits per heavy atom. The lowest BCUT2D eigenvalue weighted by atomic mass is 9.69. The van der Waals surface area contributed by atoms with Crippen LogP contribution in [0.15, 0.2) is 24.3 Å². The van der Waals surface area contributed by atoms with Crippen LogP contribution >= 0.6 is 0 Å². The number of nitrogens with one attached hydrogen (secondary N) is 1. The van der Waals surface area contributed by atoms with Crippen LogP contribution < -0.4 is 5.32 Å². The summed E-state index contributed by atoms with van der Waals surface area (Å²) in [7, 11) is 0. The number of rotatable bonds is 0. The van der Waals surface area contributed by atoms with Crippen LogP contribution in [0.3, 0.4) is 0 Å². The minimum absolute atomic E-state index is 0.578. The molecule has 80 valence electrons. The number of hydrogen-bond donors (Lipinski definition) is 1. The smallest absolute Gasteiger partial charge is 0.00176 e. The highest BCUT2D eigenvalue weighted by Gasteiger charge is 2.42. The van der Waals surface area contributed by atoms with E-state index in [1.807, 2.05) is 0 Å². The van der Waals surface area contributed by atoms with Crippen molar-refractivity contribution in [3.8, 4) is 0 Å². The van der Waals surface area contributed by atoms with Crippen LogP contribution in [0.2, 0.25) is 0 Å². The molecule has 1 aliphatic carbocycles. The van der Waals surface area contributed by atoms with Gasteiger partial charge in [0.25, 0.3) is 0 Å². The average Bonchev–Trinajstić information content (AvgIpc) is 2.62. The van der Waals surface area contributed by atoms with E-state index in [9.17, 15) is 0 Å². The first-order chi connectivity index (χ1) is 7.30. The van der Waals surface area contributed by atoms with Crippen LogP contribution in [0.5, 0.6) is 0 Å². The molecular weight excluding hydrogens is 182 g/mol. The lowest BCUT2D eigenvalue weighted by Gasteiger charge is -2.40. The van der Waals surface area contributed by atoms with Crippen molar-refractivity contribution in [1.29, 1.82) is 0 Å². The van der Waals surface area contributed by atoms with Crippen LogP contribution in [-0.4, -0.2) is 13.1 Å². The molecule has 1 spiro atoms. The Morgan fingerprint density at radius 1 is 1.20 bits per heavy atom. The molecule has 1 unspecified atom stereocenters.